The Labute approximate surface area is 179 Å². The zero-order valence-corrected chi connectivity index (χ0v) is 17.5. The molecule has 1 aromatic heterocycles. The molecule has 0 aliphatic heterocycles. The molecule has 0 saturated carbocycles. The minimum absolute atomic E-state index is 0.0254. The van der Waals surface area contributed by atoms with Gasteiger partial charge in [-0.2, -0.15) is 13.2 Å². The number of anilines is 1. The Bertz CT molecular complexity index is 1210. The van der Waals surface area contributed by atoms with Crippen LogP contribution in [0.3, 0.4) is 0 Å². The number of hydrogen-bond acceptors (Lipinski definition) is 5. The molecule has 0 saturated heterocycles. The van der Waals surface area contributed by atoms with Crippen molar-refractivity contribution in [1.82, 2.24) is 10.3 Å². The van der Waals surface area contributed by atoms with E-state index in [9.17, 15) is 30.8 Å². The van der Waals surface area contributed by atoms with Crippen LogP contribution < -0.4 is 10.0 Å². The first kappa shape index (κ1) is 22.7. The first-order chi connectivity index (χ1) is 14.4. The van der Waals surface area contributed by atoms with E-state index in [0.717, 1.165) is 35.8 Å². The van der Waals surface area contributed by atoms with E-state index in [0.29, 0.717) is 16.1 Å². The molecule has 164 valence electrons. The summed E-state index contributed by atoms with van der Waals surface area (Å²) < 4.78 is 76.4. The van der Waals surface area contributed by atoms with Crippen LogP contribution in [0.4, 0.5) is 23.2 Å². The second-order valence-electron chi connectivity index (χ2n) is 6.48. The summed E-state index contributed by atoms with van der Waals surface area (Å²) in [5.74, 6) is -1.28. The maximum absolute atomic E-state index is 14.0. The van der Waals surface area contributed by atoms with Crippen molar-refractivity contribution in [1.29, 1.82) is 0 Å². The number of nitrogens with one attached hydrogen (secondary N) is 2. The summed E-state index contributed by atoms with van der Waals surface area (Å²) >= 11 is 0.999. The molecular formula is C19H15F4N3O3S2. The normalized spacial score (nSPS) is 11.9. The number of sulfonamides is 1. The summed E-state index contributed by atoms with van der Waals surface area (Å²) in [6.45, 7) is -0.0254. The SMILES string of the molecule is CS(=O)(=O)Nc1ccc(CNC(=O)c2cnc(-c3ccc(C(F)(F)F)cc3)s2)cc1F. The maximum atomic E-state index is 14.0. The van der Waals surface area contributed by atoms with Crippen LogP contribution in [-0.2, 0) is 22.7 Å². The second kappa shape index (κ2) is 8.63. The summed E-state index contributed by atoms with van der Waals surface area (Å²) in [4.78, 5) is 16.6. The van der Waals surface area contributed by atoms with Gasteiger partial charge in [-0.05, 0) is 29.8 Å². The lowest BCUT2D eigenvalue weighted by Gasteiger charge is -2.08. The fourth-order valence-electron chi connectivity index (χ4n) is 2.53. The maximum Gasteiger partial charge on any atom is 0.416 e. The largest absolute Gasteiger partial charge is 0.416 e. The molecule has 1 heterocycles. The summed E-state index contributed by atoms with van der Waals surface area (Å²) in [5, 5.41) is 2.96. The number of hydrogen-bond donors (Lipinski definition) is 2. The Morgan fingerprint density at radius 3 is 2.39 bits per heavy atom. The van der Waals surface area contributed by atoms with Gasteiger partial charge in [0.1, 0.15) is 15.7 Å². The second-order valence-corrected chi connectivity index (χ2v) is 9.25. The van der Waals surface area contributed by atoms with E-state index in [1.54, 1.807) is 0 Å². The van der Waals surface area contributed by atoms with Crippen molar-refractivity contribution in [2.45, 2.75) is 12.7 Å². The van der Waals surface area contributed by atoms with E-state index < -0.39 is 33.5 Å². The third-order valence-corrected chi connectivity index (χ3v) is 5.61. The van der Waals surface area contributed by atoms with E-state index in [1.807, 2.05) is 4.72 Å². The van der Waals surface area contributed by atoms with E-state index >= 15 is 0 Å². The number of aromatic nitrogens is 1. The smallest absolute Gasteiger partial charge is 0.347 e. The van der Waals surface area contributed by atoms with Gasteiger partial charge in [0.05, 0.1) is 23.7 Å². The Hall–Kier alpha value is -2.99. The van der Waals surface area contributed by atoms with E-state index in [-0.39, 0.29) is 17.1 Å². The standard InChI is InChI=1S/C19H15F4N3O3S2/c1-31(28,29)26-15-7-2-11(8-14(15)20)9-24-17(27)16-10-25-18(30-16)12-3-5-13(6-4-12)19(21,22)23/h2-8,10,26H,9H2,1H3,(H,24,27). The van der Waals surface area contributed by atoms with Crippen LogP contribution in [0.15, 0.2) is 48.7 Å². The van der Waals surface area contributed by atoms with Crippen LogP contribution in [0, 0.1) is 5.82 Å². The Morgan fingerprint density at radius 2 is 1.81 bits per heavy atom. The van der Waals surface area contributed by atoms with Crippen molar-refractivity contribution in [3.05, 3.63) is 70.5 Å². The lowest BCUT2D eigenvalue weighted by molar-refractivity contribution is -0.137. The van der Waals surface area contributed by atoms with Crippen molar-refractivity contribution in [2.75, 3.05) is 11.0 Å². The third kappa shape index (κ3) is 6.01. The van der Waals surface area contributed by atoms with Gasteiger partial charge in [-0.25, -0.2) is 17.8 Å². The van der Waals surface area contributed by atoms with Crippen molar-refractivity contribution < 1.29 is 30.8 Å². The van der Waals surface area contributed by atoms with Crippen LogP contribution in [0.5, 0.6) is 0 Å². The molecule has 2 aromatic carbocycles. The first-order valence-corrected chi connectivity index (χ1v) is 11.3. The molecule has 3 aromatic rings. The molecule has 1 amide bonds. The lowest BCUT2D eigenvalue weighted by Crippen LogP contribution is -2.22. The monoisotopic (exact) mass is 473 g/mol. The molecule has 3 rings (SSSR count). The highest BCUT2D eigenvalue weighted by Crippen LogP contribution is 2.32. The number of amides is 1. The summed E-state index contributed by atoms with van der Waals surface area (Å²) in [6, 6.07) is 8.22. The summed E-state index contributed by atoms with van der Waals surface area (Å²) in [7, 11) is -3.63. The first-order valence-electron chi connectivity index (χ1n) is 8.60. The zero-order valence-electron chi connectivity index (χ0n) is 15.8. The Morgan fingerprint density at radius 1 is 1.13 bits per heavy atom. The molecule has 31 heavy (non-hydrogen) atoms. The number of carbonyl (C=O) groups is 1. The van der Waals surface area contributed by atoms with Crippen molar-refractivity contribution >= 4 is 33.0 Å². The molecule has 6 nitrogen and oxygen atoms in total. The van der Waals surface area contributed by atoms with Crippen LogP contribution in [-0.4, -0.2) is 25.6 Å². The molecule has 0 aliphatic rings. The predicted octanol–water partition coefficient (Wildman–Crippen LogP) is 4.27. The molecule has 12 heteroatoms. The van der Waals surface area contributed by atoms with Gasteiger partial charge in [-0.3, -0.25) is 9.52 Å². The minimum atomic E-state index is -4.44. The number of thiazole rings is 1. The van der Waals surface area contributed by atoms with Gasteiger partial charge >= 0.3 is 6.18 Å². The van der Waals surface area contributed by atoms with Crippen molar-refractivity contribution in [3.63, 3.8) is 0 Å². The van der Waals surface area contributed by atoms with Crippen molar-refractivity contribution in [2.24, 2.45) is 0 Å². The van der Waals surface area contributed by atoms with Crippen LogP contribution in [0.25, 0.3) is 10.6 Å². The van der Waals surface area contributed by atoms with Crippen molar-refractivity contribution in [3.8, 4) is 10.6 Å². The highest BCUT2D eigenvalue weighted by Gasteiger charge is 2.30. The van der Waals surface area contributed by atoms with Crippen LogP contribution >= 0.6 is 11.3 Å². The van der Waals surface area contributed by atoms with E-state index in [2.05, 4.69) is 10.3 Å². The van der Waals surface area contributed by atoms with Gasteiger partial charge in [-0.15, -0.1) is 11.3 Å². The molecule has 2 N–H and O–H groups in total. The molecule has 0 aliphatic carbocycles. The van der Waals surface area contributed by atoms with Gasteiger partial charge in [-0.1, -0.05) is 18.2 Å². The topological polar surface area (TPSA) is 88.2 Å². The highest BCUT2D eigenvalue weighted by molar-refractivity contribution is 7.92. The number of rotatable bonds is 6. The Balaban J connectivity index is 1.64. The lowest BCUT2D eigenvalue weighted by atomic mass is 10.1. The van der Waals surface area contributed by atoms with Crippen LogP contribution in [0.2, 0.25) is 0 Å². The predicted molar refractivity (Wildman–Crippen MR) is 109 cm³/mol. The van der Waals surface area contributed by atoms with Crippen LogP contribution in [0.1, 0.15) is 20.8 Å². The molecule has 0 unspecified atom stereocenters. The average molecular weight is 473 g/mol. The number of benzene rings is 2. The quantitative estimate of drug-likeness (QED) is 0.524. The summed E-state index contributed by atoms with van der Waals surface area (Å²) in [6.07, 6.45) is -2.24. The van der Waals surface area contributed by atoms with Gasteiger partial charge in [0.2, 0.25) is 10.0 Å². The molecule has 0 spiro atoms. The van der Waals surface area contributed by atoms with Gasteiger partial charge in [0, 0.05) is 12.1 Å². The zero-order chi connectivity index (χ0) is 22.8. The van der Waals surface area contributed by atoms with Gasteiger partial charge < -0.3 is 5.32 Å². The fraction of sp³-hybridized carbons (Fsp3) is 0.158. The fourth-order valence-corrected chi connectivity index (χ4v) is 3.94. The molecule has 0 fully saturated rings. The molecule has 0 radical (unpaired) electrons. The van der Waals surface area contributed by atoms with E-state index in [4.69, 9.17) is 0 Å². The highest BCUT2D eigenvalue weighted by atomic mass is 32.2. The number of carbonyl (C=O) groups excluding carboxylic acids is 1. The third-order valence-electron chi connectivity index (χ3n) is 3.97. The number of alkyl halides is 3. The molecular weight excluding hydrogens is 458 g/mol. The Kier molecular flexibility index (Phi) is 6.32. The number of nitrogens with zero attached hydrogens (tertiary/aromatic N) is 1. The molecule has 0 bridgehead atoms. The van der Waals surface area contributed by atoms with E-state index in [1.165, 1.54) is 30.5 Å². The van der Waals surface area contributed by atoms with Gasteiger partial charge in [0.25, 0.3) is 5.91 Å². The average Bonchev–Trinajstić information content (AvgIpc) is 3.17. The summed E-state index contributed by atoms with van der Waals surface area (Å²) in [5.41, 5.74) is -0.151. The van der Waals surface area contributed by atoms with Gasteiger partial charge in [0.15, 0.2) is 0 Å². The minimum Gasteiger partial charge on any atom is -0.347 e. The number of halogens is 4. The molecule has 0 atom stereocenters.